The smallest absolute Gasteiger partial charge is 0.167 e. The fraction of sp³-hybridized carbons (Fsp3) is 0.500. The Labute approximate surface area is 204 Å². The summed E-state index contributed by atoms with van der Waals surface area (Å²) in [5.41, 5.74) is 2.55. The summed E-state index contributed by atoms with van der Waals surface area (Å²) in [7, 11) is 0. The lowest BCUT2D eigenvalue weighted by atomic mass is 10.1. The second kappa shape index (κ2) is 9.22. The summed E-state index contributed by atoms with van der Waals surface area (Å²) in [4.78, 5) is 13.6. The number of fused-ring (bicyclic) bond motifs is 2. The molecular formula is C26H31N5O4. The summed E-state index contributed by atoms with van der Waals surface area (Å²) >= 11 is 0. The van der Waals surface area contributed by atoms with Crippen molar-refractivity contribution in [1.82, 2.24) is 19.5 Å². The minimum absolute atomic E-state index is 0.276. The van der Waals surface area contributed by atoms with Gasteiger partial charge in [0.05, 0.1) is 12.6 Å². The predicted octanol–water partition coefficient (Wildman–Crippen LogP) is 4.33. The summed E-state index contributed by atoms with van der Waals surface area (Å²) in [6.45, 7) is 4.34. The van der Waals surface area contributed by atoms with E-state index >= 15 is 0 Å². The van der Waals surface area contributed by atoms with Crippen LogP contribution in [0.1, 0.15) is 51.3 Å². The molecule has 1 N–H and O–H groups in total. The van der Waals surface area contributed by atoms with E-state index in [-0.39, 0.29) is 18.3 Å². The van der Waals surface area contributed by atoms with E-state index in [9.17, 15) is 0 Å². The molecule has 0 spiro atoms. The molecule has 4 heterocycles. The average Bonchev–Trinajstić information content (AvgIpc) is 3.62. The monoisotopic (exact) mass is 477 g/mol. The zero-order chi connectivity index (χ0) is 23.8. The van der Waals surface area contributed by atoms with Gasteiger partial charge in [0.25, 0.3) is 0 Å². The number of anilines is 1. The number of nitrogens with one attached hydrogen (secondary N) is 1. The SMILES string of the molecule is CC1(C)OC2[C@H](n3cnc4c(NC5CCCC5)ncnc43)O[C@H](/C=C/OCc3ccccc3)[C@H]2O1. The molecule has 0 radical (unpaired) electrons. The summed E-state index contributed by atoms with van der Waals surface area (Å²) in [6, 6.07) is 10.5. The molecule has 1 aromatic carbocycles. The topological polar surface area (TPSA) is 92.6 Å². The number of imidazole rings is 1. The summed E-state index contributed by atoms with van der Waals surface area (Å²) in [5.74, 6) is 0.0550. The molecule has 6 rings (SSSR count). The second-order valence-corrected chi connectivity index (χ2v) is 9.85. The van der Waals surface area contributed by atoms with Crippen LogP contribution in [0.25, 0.3) is 11.2 Å². The van der Waals surface area contributed by atoms with Gasteiger partial charge in [-0.1, -0.05) is 43.2 Å². The van der Waals surface area contributed by atoms with Gasteiger partial charge < -0.3 is 24.3 Å². The third-order valence-electron chi connectivity index (χ3n) is 6.85. The average molecular weight is 478 g/mol. The number of hydrogen-bond acceptors (Lipinski definition) is 8. The molecule has 3 aliphatic rings. The summed E-state index contributed by atoms with van der Waals surface area (Å²) in [5, 5.41) is 3.55. The molecule has 9 heteroatoms. The highest BCUT2D eigenvalue weighted by Crippen LogP contribution is 2.44. The molecule has 35 heavy (non-hydrogen) atoms. The lowest BCUT2D eigenvalue weighted by molar-refractivity contribution is -0.191. The molecule has 3 aromatic rings. The van der Waals surface area contributed by atoms with Crippen LogP contribution < -0.4 is 5.32 Å². The maximum Gasteiger partial charge on any atom is 0.167 e. The molecule has 2 aliphatic heterocycles. The van der Waals surface area contributed by atoms with Crippen molar-refractivity contribution in [3.05, 3.63) is 60.9 Å². The highest BCUT2D eigenvalue weighted by atomic mass is 16.8. The molecule has 1 aliphatic carbocycles. The van der Waals surface area contributed by atoms with E-state index in [1.807, 2.05) is 54.8 Å². The number of ether oxygens (including phenoxy) is 4. The Balaban J connectivity index is 1.22. The van der Waals surface area contributed by atoms with E-state index in [4.69, 9.17) is 18.9 Å². The van der Waals surface area contributed by atoms with Crippen molar-refractivity contribution in [2.45, 2.75) is 82.5 Å². The normalized spacial score (nSPS) is 28.2. The van der Waals surface area contributed by atoms with Crippen molar-refractivity contribution < 1.29 is 18.9 Å². The Morgan fingerprint density at radius 2 is 1.89 bits per heavy atom. The predicted molar refractivity (Wildman–Crippen MR) is 129 cm³/mol. The van der Waals surface area contributed by atoms with Crippen molar-refractivity contribution in [2.75, 3.05) is 5.32 Å². The van der Waals surface area contributed by atoms with Gasteiger partial charge in [-0.25, -0.2) is 15.0 Å². The van der Waals surface area contributed by atoms with E-state index in [0.29, 0.717) is 18.3 Å². The van der Waals surface area contributed by atoms with Gasteiger partial charge in [-0.15, -0.1) is 0 Å². The van der Waals surface area contributed by atoms with Gasteiger partial charge in [0.15, 0.2) is 29.0 Å². The van der Waals surface area contributed by atoms with Crippen LogP contribution in [0.2, 0.25) is 0 Å². The third kappa shape index (κ3) is 4.51. The van der Waals surface area contributed by atoms with Gasteiger partial charge >= 0.3 is 0 Å². The maximum absolute atomic E-state index is 6.43. The summed E-state index contributed by atoms with van der Waals surface area (Å²) < 4.78 is 26.6. The van der Waals surface area contributed by atoms with Crippen LogP contribution in [0.3, 0.4) is 0 Å². The molecule has 2 saturated heterocycles. The standard InChI is InChI=1S/C26H31N5O4/c1-26(2)34-21-19(12-13-32-14-17-8-4-3-5-9-17)33-25(22(21)35-26)31-16-29-20-23(27-15-28-24(20)31)30-18-10-6-7-11-18/h3-5,8-9,12-13,15-16,18-19,21-22,25H,6-7,10-11,14H2,1-2H3,(H,27,28,30)/b13-12+/t19-,21-,22?,25-/m1/s1. The van der Waals surface area contributed by atoms with E-state index in [2.05, 4.69) is 20.3 Å². The first-order chi connectivity index (χ1) is 17.1. The number of nitrogens with zero attached hydrogens (tertiary/aromatic N) is 4. The maximum atomic E-state index is 6.43. The molecular weight excluding hydrogens is 446 g/mol. The zero-order valence-electron chi connectivity index (χ0n) is 20.0. The molecule has 0 bridgehead atoms. The Hall–Kier alpha value is -3.01. The number of benzene rings is 1. The van der Waals surface area contributed by atoms with Crippen LogP contribution in [-0.4, -0.2) is 49.7 Å². The van der Waals surface area contributed by atoms with Crippen molar-refractivity contribution in [3.63, 3.8) is 0 Å². The Bertz CT molecular complexity index is 1190. The molecule has 1 saturated carbocycles. The second-order valence-electron chi connectivity index (χ2n) is 9.85. The van der Waals surface area contributed by atoms with Gasteiger partial charge in [0, 0.05) is 6.04 Å². The Morgan fingerprint density at radius 3 is 2.71 bits per heavy atom. The van der Waals surface area contributed by atoms with Crippen molar-refractivity contribution in [1.29, 1.82) is 0 Å². The van der Waals surface area contributed by atoms with Crippen molar-refractivity contribution in [3.8, 4) is 0 Å². The molecule has 9 nitrogen and oxygen atoms in total. The van der Waals surface area contributed by atoms with E-state index < -0.39 is 12.0 Å². The lowest BCUT2D eigenvalue weighted by Crippen LogP contribution is -2.28. The quantitative estimate of drug-likeness (QED) is 0.503. The molecule has 3 fully saturated rings. The fourth-order valence-electron chi connectivity index (χ4n) is 5.25. The van der Waals surface area contributed by atoms with Crippen LogP contribution in [0.4, 0.5) is 5.82 Å². The van der Waals surface area contributed by atoms with Crippen LogP contribution in [0.5, 0.6) is 0 Å². The minimum atomic E-state index is -0.713. The van der Waals surface area contributed by atoms with E-state index in [1.165, 1.54) is 12.8 Å². The van der Waals surface area contributed by atoms with Crippen molar-refractivity contribution in [2.24, 2.45) is 0 Å². The number of aromatic nitrogens is 4. The molecule has 1 unspecified atom stereocenters. The van der Waals surface area contributed by atoms with Gasteiger partial charge in [-0.3, -0.25) is 4.57 Å². The van der Waals surface area contributed by atoms with Crippen LogP contribution in [-0.2, 0) is 25.6 Å². The van der Waals surface area contributed by atoms with Crippen LogP contribution in [0, 0.1) is 0 Å². The molecule has 2 aromatic heterocycles. The minimum Gasteiger partial charge on any atom is -0.497 e. The first-order valence-electron chi connectivity index (χ1n) is 12.3. The molecule has 4 atom stereocenters. The highest BCUT2D eigenvalue weighted by molar-refractivity contribution is 5.82. The fourth-order valence-corrected chi connectivity index (χ4v) is 5.25. The van der Waals surface area contributed by atoms with Gasteiger partial charge in [-0.2, -0.15) is 0 Å². The van der Waals surface area contributed by atoms with Crippen molar-refractivity contribution >= 4 is 17.0 Å². The van der Waals surface area contributed by atoms with Gasteiger partial charge in [0.1, 0.15) is 31.2 Å². The third-order valence-corrected chi connectivity index (χ3v) is 6.85. The zero-order valence-corrected chi connectivity index (χ0v) is 20.0. The van der Waals surface area contributed by atoms with Gasteiger partial charge in [-0.05, 0) is 38.3 Å². The first kappa shape index (κ1) is 22.5. The number of rotatable bonds is 7. The van der Waals surface area contributed by atoms with E-state index in [1.54, 1.807) is 18.9 Å². The molecule has 0 amide bonds. The largest absolute Gasteiger partial charge is 0.497 e. The first-order valence-corrected chi connectivity index (χ1v) is 12.3. The molecule has 184 valence electrons. The summed E-state index contributed by atoms with van der Waals surface area (Å²) in [6.07, 6.45) is 10.4. The Kier molecular flexibility index (Phi) is 5.91. The lowest BCUT2D eigenvalue weighted by Gasteiger charge is -2.24. The Morgan fingerprint density at radius 1 is 1.09 bits per heavy atom. The van der Waals surface area contributed by atoms with E-state index in [0.717, 1.165) is 29.7 Å². The van der Waals surface area contributed by atoms with Gasteiger partial charge in [0.2, 0.25) is 0 Å². The highest BCUT2D eigenvalue weighted by Gasteiger charge is 2.55. The number of hydrogen-bond donors (Lipinski definition) is 1. The van der Waals surface area contributed by atoms with Crippen LogP contribution >= 0.6 is 0 Å². The van der Waals surface area contributed by atoms with Crippen LogP contribution in [0.15, 0.2) is 55.3 Å².